The lowest BCUT2D eigenvalue weighted by molar-refractivity contribution is -0.148. The second kappa shape index (κ2) is 19.3. The van der Waals surface area contributed by atoms with Crippen molar-refractivity contribution < 1.29 is 23.9 Å². The maximum atomic E-state index is 14.1. The fourth-order valence-electron chi connectivity index (χ4n) is 7.22. The zero-order chi connectivity index (χ0) is 35.4. The fraction of sp³-hybridized carbons (Fsp3) is 0.737. The number of nitrogens with one attached hydrogen (secondary N) is 1. The van der Waals surface area contributed by atoms with Crippen LogP contribution >= 0.6 is 0 Å². The first kappa shape index (κ1) is 40.4. The van der Waals surface area contributed by atoms with Gasteiger partial charge in [-0.3, -0.25) is 19.8 Å². The molecule has 0 saturated carbocycles. The Morgan fingerprint density at radius 2 is 1.60 bits per heavy atom. The molecule has 2 amide bonds. The van der Waals surface area contributed by atoms with Crippen LogP contribution in [-0.4, -0.2) is 104 Å². The molecule has 1 fully saturated rings. The Morgan fingerprint density at radius 1 is 0.957 bits per heavy atom. The minimum absolute atomic E-state index is 0.0290. The lowest BCUT2D eigenvalue weighted by atomic mass is 9.86. The Morgan fingerprint density at radius 3 is 2.13 bits per heavy atom. The predicted molar refractivity (Wildman–Crippen MR) is 189 cm³/mol. The second-order valence-electron chi connectivity index (χ2n) is 14.5. The highest BCUT2D eigenvalue weighted by atomic mass is 16.5. The van der Waals surface area contributed by atoms with Crippen LogP contribution in [-0.2, 0) is 30.3 Å². The minimum atomic E-state index is -0.507. The number of nitrogens with zero attached hydrogens (tertiary/aromatic N) is 3. The normalized spacial score (nSPS) is 19.4. The van der Waals surface area contributed by atoms with E-state index in [1.54, 1.807) is 24.0 Å². The number of ketones is 1. The summed E-state index contributed by atoms with van der Waals surface area (Å²) in [6, 6.07) is 9.72. The molecule has 2 rings (SSSR count). The van der Waals surface area contributed by atoms with E-state index in [4.69, 9.17) is 14.9 Å². The third kappa shape index (κ3) is 11.1. The van der Waals surface area contributed by atoms with Crippen LogP contribution in [0.1, 0.15) is 85.6 Å². The first-order chi connectivity index (χ1) is 22.2. The van der Waals surface area contributed by atoms with Gasteiger partial charge in [0, 0.05) is 66.6 Å². The van der Waals surface area contributed by atoms with Crippen LogP contribution in [0.2, 0.25) is 0 Å². The molecule has 0 spiro atoms. The largest absolute Gasteiger partial charge is 0.379 e. The molecule has 0 radical (unpaired) electrons. The topological polar surface area (TPSA) is 103 Å². The van der Waals surface area contributed by atoms with Crippen LogP contribution in [0.5, 0.6) is 0 Å². The smallest absolute Gasteiger partial charge is 0.226 e. The fourth-order valence-corrected chi connectivity index (χ4v) is 7.22. The summed E-state index contributed by atoms with van der Waals surface area (Å²) in [4.78, 5) is 46.9. The van der Waals surface area contributed by atoms with E-state index in [1.165, 1.54) is 5.56 Å². The summed E-state index contributed by atoms with van der Waals surface area (Å²) in [5.74, 6) is 0.140. The predicted octanol–water partition coefficient (Wildman–Crippen LogP) is 5.95. The lowest BCUT2D eigenvalue weighted by Crippen LogP contribution is -2.54. The number of Topliss-reactive ketones (excluding diaryl/α,β-unsaturated/α-hetero) is 1. The molecule has 1 aromatic rings. The van der Waals surface area contributed by atoms with Gasteiger partial charge in [-0.2, -0.15) is 0 Å². The summed E-state index contributed by atoms with van der Waals surface area (Å²) in [5, 5.41) is 8.39. The average Bonchev–Trinajstić information content (AvgIpc) is 3.52. The Balaban J connectivity index is 2.20. The van der Waals surface area contributed by atoms with Crippen molar-refractivity contribution in [1.82, 2.24) is 14.7 Å². The molecule has 0 aromatic heterocycles. The molecule has 1 aliphatic heterocycles. The number of benzene rings is 1. The van der Waals surface area contributed by atoms with Gasteiger partial charge < -0.3 is 24.2 Å². The third-order valence-electron chi connectivity index (χ3n) is 10.4. The zero-order valence-electron chi connectivity index (χ0n) is 31.1. The molecule has 266 valence electrons. The summed E-state index contributed by atoms with van der Waals surface area (Å²) in [6.45, 7) is 12.9. The summed E-state index contributed by atoms with van der Waals surface area (Å²) in [5.41, 5.74) is 1.22. The van der Waals surface area contributed by atoms with E-state index in [9.17, 15) is 14.4 Å². The second-order valence-corrected chi connectivity index (χ2v) is 14.5. The van der Waals surface area contributed by atoms with Crippen LogP contribution in [0.25, 0.3) is 0 Å². The number of likely N-dealkylation sites (tertiary alicyclic amines) is 1. The molecule has 1 heterocycles. The van der Waals surface area contributed by atoms with Crippen LogP contribution in [0.4, 0.5) is 0 Å². The van der Waals surface area contributed by atoms with E-state index in [1.807, 2.05) is 65.0 Å². The molecule has 1 saturated heterocycles. The van der Waals surface area contributed by atoms with Gasteiger partial charge in [0.05, 0.1) is 36.5 Å². The first-order valence-corrected chi connectivity index (χ1v) is 17.6. The molecule has 1 aromatic carbocycles. The van der Waals surface area contributed by atoms with E-state index in [-0.39, 0.29) is 65.7 Å². The number of carbonyl (C=O) groups is 3. The van der Waals surface area contributed by atoms with E-state index < -0.39 is 12.2 Å². The molecular formula is C38H64N4O5. The number of rotatable bonds is 19. The van der Waals surface area contributed by atoms with Gasteiger partial charge in [0.15, 0.2) is 0 Å². The highest BCUT2D eigenvalue weighted by molar-refractivity contribution is 5.87. The van der Waals surface area contributed by atoms with E-state index >= 15 is 0 Å². The van der Waals surface area contributed by atoms with Gasteiger partial charge >= 0.3 is 0 Å². The SMILES string of the molecule is CC[C@H](C)[C@@H]([C@@H](CC(=O)N1CCC[C@H]1[C@H](OC)[C@@H](C)C(=O)C[C@H](C)Cc1ccccc1)OC)N(C)C(=O)[C@@H](CC(=N)N(C)C)C(C)C. The Hall–Kier alpha value is -2.78. The van der Waals surface area contributed by atoms with Crippen LogP contribution in [0.3, 0.4) is 0 Å². The molecule has 0 aliphatic carbocycles. The van der Waals surface area contributed by atoms with Crippen LogP contribution in [0, 0.1) is 35.0 Å². The lowest BCUT2D eigenvalue weighted by Gasteiger charge is -2.41. The van der Waals surface area contributed by atoms with E-state index in [2.05, 4.69) is 32.9 Å². The summed E-state index contributed by atoms with van der Waals surface area (Å²) >= 11 is 0. The van der Waals surface area contributed by atoms with Gasteiger partial charge in [0.2, 0.25) is 11.8 Å². The van der Waals surface area contributed by atoms with Crippen molar-refractivity contribution in [2.75, 3.05) is 41.9 Å². The Bertz CT molecular complexity index is 1140. The molecular weight excluding hydrogens is 592 g/mol. The summed E-state index contributed by atoms with van der Waals surface area (Å²) in [6.07, 6.45) is 3.33. The number of likely N-dealkylation sites (N-methyl/N-ethyl adjacent to an activating group) is 1. The van der Waals surface area contributed by atoms with E-state index in [0.29, 0.717) is 25.2 Å². The van der Waals surface area contributed by atoms with E-state index in [0.717, 1.165) is 25.7 Å². The molecule has 0 bridgehead atoms. The van der Waals surface area contributed by atoms with Crippen molar-refractivity contribution in [3.63, 3.8) is 0 Å². The summed E-state index contributed by atoms with van der Waals surface area (Å²) in [7, 11) is 8.72. The van der Waals surface area contributed by atoms with Gasteiger partial charge in [0.25, 0.3) is 0 Å². The van der Waals surface area contributed by atoms with Crippen molar-refractivity contribution in [3.8, 4) is 0 Å². The van der Waals surface area contributed by atoms with Crippen molar-refractivity contribution in [1.29, 1.82) is 5.41 Å². The van der Waals surface area contributed by atoms with Crippen molar-refractivity contribution in [2.24, 2.45) is 29.6 Å². The molecule has 9 nitrogen and oxygen atoms in total. The standard InChI is InChI=1S/C38H64N4O5/c1-12-27(5)36(41(9)38(45)30(25(2)3)23-34(39)40(7)8)33(46-10)24-35(44)42-20-16-19-31(42)37(47-11)28(6)32(43)22-26(4)21-29-17-14-13-15-18-29/h13-15,17-18,25-28,30-31,33,36-37,39H,12,16,19-24H2,1-11H3/t26-,27+,28+,30+,31+,33-,36+,37-/m1/s1. The number of hydrogen-bond acceptors (Lipinski definition) is 6. The molecule has 0 unspecified atom stereocenters. The number of hydrogen-bond donors (Lipinski definition) is 1. The number of amides is 2. The first-order valence-electron chi connectivity index (χ1n) is 17.6. The van der Waals surface area contributed by atoms with Crippen molar-refractivity contribution in [3.05, 3.63) is 35.9 Å². The average molecular weight is 657 g/mol. The van der Waals surface area contributed by atoms with Gasteiger partial charge in [-0.05, 0) is 42.6 Å². The number of methoxy groups -OCH3 is 2. The quantitative estimate of drug-likeness (QED) is 0.146. The van der Waals surface area contributed by atoms with Gasteiger partial charge in [-0.15, -0.1) is 0 Å². The molecule has 47 heavy (non-hydrogen) atoms. The third-order valence-corrected chi connectivity index (χ3v) is 10.4. The Labute approximate surface area is 285 Å². The molecule has 1 N–H and O–H groups in total. The monoisotopic (exact) mass is 656 g/mol. The van der Waals surface area contributed by atoms with Crippen molar-refractivity contribution >= 4 is 23.4 Å². The van der Waals surface area contributed by atoms with Gasteiger partial charge in [-0.1, -0.05) is 78.3 Å². The number of carbonyl (C=O) groups excluding carboxylic acids is 3. The van der Waals surface area contributed by atoms with Crippen LogP contribution < -0.4 is 0 Å². The number of amidine groups is 1. The minimum Gasteiger partial charge on any atom is -0.379 e. The Kier molecular flexibility index (Phi) is 16.6. The van der Waals surface area contributed by atoms with Gasteiger partial charge in [0.1, 0.15) is 5.78 Å². The van der Waals surface area contributed by atoms with Crippen molar-refractivity contribution in [2.45, 2.75) is 111 Å². The summed E-state index contributed by atoms with van der Waals surface area (Å²) < 4.78 is 12.0. The van der Waals surface area contributed by atoms with Gasteiger partial charge in [-0.25, -0.2) is 0 Å². The molecule has 1 aliphatic rings. The van der Waals surface area contributed by atoms with Crippen LogP contribution in [0.15, 0.2) is 30.3 Å². The molecule has 9 heteroatoms. The maximum absolute atomic E-state index is 14.1. The number of ether oxygens (including phenoxy) is 2. The molecule has 8 atom stereocenters. The maximum Gasteiger partial charge on any atom is 0.226 e. The highest BCUT2D eigenvalue weighted by Crippen LogP contribution is 2.31. The highest BCUT2D eigenvalue weighted by Gasteiger charge is 2.42. The zero-order valence-corrected chi connectivity index (χ0v) is 31.1.